The molecule has 0 bridgehead atoms. The molecule has 2 fully saturated rings. The predicted octanol–water partition coefficient (Wildman–Crippen LogP) is 3.66. The molecular formula is C24H33N3O2. The normalized spacial score (nSPS) is 21.4. The zero-order valence-corrected chi connectivity index (χ0v) is 17.3. The molecule has 0 saturated carbocycles. The van der Waals surface area contributed by atoms with Crippen LogP contribution in [0.1, 0.15) is 43.2 Å². The second-order valence-electron chi connectivity index (χ2n) is 8.66. The number of hydrogen-bond acceptors (Lipinski definition) is 4. The fourth-order valence-corrected chi connectivity index (χ4v) is 4.64. The van der Waals surface area contributed by atoms with Crippen molar-refractivity contribution in [3.05, 3.63) is 60.1 Å². The van der Waals surface area contributed by atoms with E-state index in [0.717, 1.165) is 52.1 Å². The van der Waals surface area contributed by atoms with Gasteiger partial charge in [0.1, 0.15) is 0 Å². The van der Waals surface area contributed by atoms with Crippen LogP contribution in [0, 0.1) is 5.92 Å². The lowest BCUT2D eigenvalue weighted by atomic mass is 9.92. The highest BCUT2D eigenvalue weighted by Gasteiger charge is 2.25. The lowest BCUT2D eigenvalue weighted by Gasteiger charge is -2.31. The summed E-state index contributed by atoms with van der Waals surface area (Å²) < 4.78 is 5.16. The van der Waals surface area contributed by atoms with E-state index in [4.69, 9.17) is 4.42 Å². The molecule has 1 amide bonds. The van der Waals surface area contributed by atoms with Gasteiger partial charge in [-0.05, 0) is 56.3 Å². The Morgan fingerprint density at radius 3 is 2.48 bits per heavy atom. The first-order valence-corrected chi connectivity index (χ1v) is 11.0. The average Bonchev–Trinajstić information content (AvgIpc) is 3.40. The van der Waals surface area contributed by atoms with Gasteiger partial charge in [-0.1, -0.05) is 30.3 Å². The van der Waals surface area contributed by atoms with Gasteiger partial charge in [-0.15, -0.1) is 0 Å². The quantitative estimate of drug-likeness (QED) is 0.741. The summed E-state index contributed by atoms with van der Waals surface area (Å²) in [5.41, 5.74) is 2.60. The van der Waals surface area contributed by atoms with Crippen LogP contribution in [-0.2, 0) is 17.9 Å². The Morgan fingerprint density at radius 2 is 1.72 bits per heavy atom. The van der Waals surface area contributed by atoms with E-state index in [1.54, 1.807) is 6.26 Å². The Labute approximate surface area is 174 Å². The molecule has 1 aromatic heterocycles. The summed E-state index contributed by atoms with van der Waals surface area (Å²) >= 11 is 0. The zero-order chi connectivity index (χ0) is 19.9. The van der Waals surface area contributed by atoms with Crippen molar-refractivity contribution in [1.82, 2.24) is 15.1 Å². The van der Waals surface area contributed by atoms with Gasteiger partial charge in [-0.25, -0.2) is 0 Å². The molecule has 2 saturated heterocycles. The summed E-state index contributed by atoms with van der Waals surface area (Å²) in [5, 5.41) is 3.27. The topological polar surface area (TPSA) is 48.7 Å². The Kier molecular flexibility index (Phi) is 7.01. The summed E-state index contributed by atoms with van der Waals surface area (Å²) in [7, 11) is 0. The molecule has 3 heterocycles. The molecule has 1 atom stereocenters. The van der Waals surface area contributed by atoms with Gasteiger partial charge >= 0.3 is 0 Å². The Bertz CT molecular complexity index is 739. The fourth-order valence-electron chi connectivity index (χ4n) is 4.64. The predicted molar refractivity (Wildman–Crippen MR) is 114 cm³/mol. The smallest absolute Gasteiger partial charge is 0.220 e. The number of carbonyl (C=O) groups is 1. The third-order valence-electron chi connectivity index (χ3n) is 6.36. The molecule has 156 valence electrons. The van der Waals surface area contributed by atoms with Gasteiger partial charge in [0, 0.05) is 44.2 Å². The maximum atomic E-state index is 12.4. The van der Waals surface area contributed by atoms with Crippen molar-refractivity contribution in [2.24, 2.45) is 5.92 Å². The van der Waals surface area contributed by atoms with Crippen LogP contribution < -0.4 is 5.32 Å². The SMILES string of the molecule is O=C(CCC1CCN(Cc2ccoc2)CC1)N[C@H]1CCN(Cc2ccccc2)C1. The van der Waals surface area contributed by atoms with Crippen LogP contribution in [0.2, 0.25) is 0 Å². The number of carbonyl (C=O) groups excluding carboxylic acids is 1. The highest BCUT2D eigenvalue weighted by molar-refractivity contribution is 5.76. The number of hydrogen-bond donors (Lipinski definition) is 1. The Hall–Kier alpha value is -2.11. The van der Waals surface area contributed by atoms with Gasteiger partial charge < -0.3 is 9.73 Å². The minimum Gasteiger partial charge on any atom is -0.472 e. The highest BCUT2D eigenvalue weighted by Crippen LogP contribution is 2.23. The Morgan fingerprint density at radius 1 is 0.966 bits per heavy atom. The third kappa shape index (κ3) is 6.18. The number of nitrogens with zero attached hydrogens (tertiary/aromatic N) is 2. The van der Waals surface area contributed by atoms with Crippen molar-refractivity contribution in [1.29, 1.82) is 0 Å². The van der Waals surface area contributed by atoms with Gasteiger partial charge in [0.25, 0.3) is 0 Å². The van der Waals surface area contributed by atoms with E-state index in [9.17, 15) is 4.79 Å². The first kappa shape index (κ1) is 20.2. The average molecular weight is 396 g/mol. The van der Waals surface area contributed by atoms with Crippen LogP contribution in [0.4, 0.5) is 0 Å². The Balaban J connectivity index is 1.10. The molecule has 0 aliphatic carbocycles. The van der Waals surface area contributed by atoms with Crippen molar-refractivity contribution in [2.45, 2.75) is 51.2 Å². The largest absolute Gasteiger partial charge is 0.472 e. The summed E-state index contributed by atoms with van der Waals surface area (Å²) in [5.74, 6) is 0.914. The van der Waals surface area contributed by atoms with E-state index in [1.807, 2.05) is 12.3 Å². The van der Waals surface area contributed by atoms with Crippen molar-refractivity contribution >= 4 is 5.91 Å². The van der Waals surface area contributed by atoms with Crippen LogP contribution in [0.15, 0.2) is 53.3 Å². The number of likely N-dealkylation sites (tertiary alicyclic amines) is 2. The van der Waals surface area contributed by atoms with Gasteiger partial charge in [-0.2, -0.15) is 0 Å². The second-order valence-corrected chi connectivity index (χ2v) is 8.66. The fraction of sp³-hybridized carbons (Fsp3) is 0.542. The van der Waals surface area contributed by atoms with Gasteiger partial charge in [0.15, 0.2) is 0 Å². The number of furan rings is 1. The number of nitrogens with one attached hydrogen (secondary N) is 1. The van der Waals surface area contributed by atoms with E-state index < -0.39 is 0 Å². The van der Waals surface area contributed by atoms with Crippen molar-refractivity contribution in [3.8, 4) is 0 Å². The summed E-state index contributed by atoms with van der Waals surface area (Å²) in [4.78, 5) is 17.4. The lowest BCUT2D eigenvalue weighted by molar-refractivity contribution is -0.122. The molecule has 1 aromatic carbocycles. The monoisotopic (exact) mass is 395 g/mol. The van der Waals surface area contributed by atoms with Crippen LogP contribution >= 0.6 is 0 Å². The molecule has 1 N–H and O–H groups in total. The molecule has 0 spiro atoms. The second kappa shape index (κ2) is 10.1. The number of benzene rings is 1. The molecule has 2 aromatic rings. The molecule has 5 heteroatoms. The molecule has 5 nitrogen and oxygen atoms in total. The number of rotatable bonds is 8. The number of amides is 1. The minimum absolute atomic E-state index is 0.234. The van der Waals surface area contributed by atoms with E-state index in [1.165, 1.54) is 24.0 Å². The lowest BCUT2D eigenvalue weighted by Crippen LogP contribution is -2.37. The van der Waals surface area contributed by atoms with E-state index in [-0.39, 0.29) is 5.91 Å². The summed E-state index contributed by atoms with van der Waals surface area (Å²) in [6, 6.07) is 12.9. The summed E-state index contributed by atoms with van der Waals surface area (Å²) in [6.07, 6.45) is 8.71. The molecule has 2 aliphatic heterocycles. The molecular weight excluding hydrogens is 362 g/mol. The van der Waals surface area contributed by atoms with E-state index in [2.05, 4.69) is 45.4 Å². The van der Waals surface area contributed by atoms with E-state index in [0.29, 0.717) is 18.4 Å². The van der Waals surface area contributed by atoms with Crippen LogP contribution in [0.3, 0.4) is 0 Å². The molecule has 2 aliphatic rings. The maximum absolute atomic E-state index is 12.4. The standard InChI is InChI=1S/C24H33N3O2/c28-24(25-23-10-14-27(18-23)16-21-4-2-1-3-5-21)7-6-20-8-12-26(13-9-20)17-22-11-15-29-19-22/h1-5,11,15,19-20,23H,6-10,12-14,16-18H2,(H,25,28)/t23-/m0/s1. The molecule has 29 heavy (non-hydrogen) atoms. The van der Waals surface area contributed by atoms with Crippen molar-refractivity contribution in [2.75, 3.05) is 26.2 Å². The van der Waals surface area contributed by atoms with Gasteiger partial charge in [-0.3, -0.25) is 14.6 Å². The maximum Gasteiger partial charge on any atom is 0.220 e. The minimum atomic E-state index is 0.234. The van der Waals surface area contributed by atoms with Crippen LogP contribution in [0.5, 0.6) is 0 Å². The zero-order valence-electron chi connectivity index (χ0n) is 17.3. The van der Waals surface area contributed by atoms with E-state index >= 15 is 0 Å². The summed E-state index contributed by atoms with van der Waals surface area (Å²) in [6.45, 7) is 6.22. The first-order chi connectivity index (χ1) is 14.2. The van der Waals surface area contributed by atoms with Gasteiger partial charge in [0.05, 0.1) is 12.5 Å². The molecule has 0 unspecified atom stereocenters. The third-order valence-corrected chi connectivity index (χ3v) is 6.36. The molecule has 4 rings (SSSR count). The van der Waals surface area contributed by atoms with Crippen LogP contribution in [-0.4, -0.2) is 47.9 Å². The highest BCUT2D eigenvalue weighted by atomic mass is 16.3. The number of piperidine rings is 1. The molecule has 0 radical (unpaired) electrons. The van der Waals surface area contributed by atoms with Crippen molar-refractivity contribution < 1.29 is 9.21 Å². The van der Waals surface area contributed by atoms with Crippen molar-refractivity contribution in [3.63, 3.8) is 0 Å². The van der Waals surface area contributed by atoms with Crippen LogP contribution in [0.25, 0.3) is 0 Å². The first-order valence-electron chi connectivity index (χ1n) is 11.0. The van der Waals surface area contributed by atoms with Gasteiger partial charge in [0.2, 0.25) is 5.91 Å².